The molecule has 2 aliphatic rings. The van der Waals surface area contributed by atoms with Crippen LogP contribution in [0.2, 0.25) is 0 Å². The van der Waals surface area contributed by atoms with Crippen LogP contribution in [-0.2, 0) is 0 Å². The van der Waals surface area contributed by atoms with Crippen LogP contribution in [-0.4, -0.2) is 0 Å². The van der Waals surface area contributed by atoms with Gasteiger partial charge in [-0.1, -0.05) is 64.5 Å². The zero-order valence-electron chi connectivity index (χ0n) is 10.4. The minimum atomic E-state index is 0.517. The van der Waals surface area contributed by atoms with Crippen molar-refractivity contribution in [2.45, 2.75) is 12.3 Å². The third kappa shape index (κ3) is 1.65. The molecule has 0 N–H and O–H groups in total. The molecule has 0 fully saturated rings. The number of benzene rings is 2. The number of hydrogen-bond acceptors (Lipinski definition) is 0. The van der Waals surface area contributed by atoms with Gasteiger partial charge >= 0.3 is 0 Å². The predicted molar refractivity (Wildman–Crippen MR) is 84.1 cm³/mol. The summed E-state index contributed by atoms with van der Waals surface area (Å²) in [5, 5.41) is 0. The Morgan fingerprint density at radius 2 is 1.79 bits per heavy atom. The van der Waals surface area contributed by atoms with Crippen molar-refractivity contribution in [3.63, 3.8) is 0 Å². The topological polar surface area (TPSA) is 0 Å². The van der Waals surface area contributed by atoms with Gasteiger partial charge in [-0.25, -0.2) is 0 Å². The maximum atomic E-state index is 3.60. The van der Waals surface area contributed by atoms with E-state index in [1.807, 2.05) is 0 Å². The van der Waals surface area contributed by atoms with E-state index in [1.165, 1.54) is 27.8 Å². The molecule has 0 amide bonds. The van der Waals surface area contributed by atoms with Gasteiger partial charge in [-0.05, 0) is 46.4 Å². The highest BCUT2D eigenvalue weighted by Crippen LogP contribution is 2.49. The largest absolute Gasteiger partial charge is 0.0836 e. The summed E-state index contributed by atoms with van der Waals surface area (Å²) in [5.41, 5.74) is 7.05. The fourth-order valence-corrected chi connectivity index (χ4v) is 3.60. The lowest BCUT2D eigenvalue weighted by Gasteiger charge is -2.31. The van der Waals surface area contributed by atoms with Gasteiger partial charge in [0.1, 0.15) is 0 Å². The molecule has 0 aromatic heterocycles. The second-order valence-electron chi connectivity index (χ2n) is 5.12. The van der Waals surface area contributed by atoms with Crippen molar-refractivity contribution in [3.8, 4) is 11.1 Å². The first-order valence-corrected chi connectivity index (χ1v) is 7.40. The molecule has 0 bridgehead atoms. The Balaban J connectivity index is 2.08. The maximum absolute atomic E-state index is 3.60. The third-order valence-electron chi connectivity index (χ3n) is 4.08. The van der Waals surface area contributed by atoms with E-state index in [0.717, 1.165) is 10.9 Å². The van der Waals surface area contributed by atoms with E-state index in [2.05, 4.69) is 76.6 Å². The van der Waals surface area contributed by atoms with Gasteiger partial charge < -0.3 is 0 Å². The fraction of sp³-hybridized carbons (Fsp3) is 0.111. The molecule has 0 aliphatic heterocycles. The lowest BCUT2D eigenvalue weighted by Crippen LogP contribution is -2.11. The molecule has 0 heterocycles. The van der Waals surface area contributed by atoms with Crippen LogP contribution in [0.15, 0.2) is 65.2 Å². The third-order valence-corrected chi connectivity index (χ3v) is 4.57. The van der Waals surface area contributed by atoms with Gasteiger partial charge in [0.2, 0.25) is 0 Å². The van der Waals surface area contributed by atoms with E-state index >= 15 is 0 Å². The first kappa shape index (κ1) is 11.2. The minimum Gasteiger partial charge on any atom is -0.0836 e. The normalized spacial score (nSPS) is 19.2. The molecule has 0 nitrogen and oxygen atoms in total. The molecule has 0 saturated heterocycles. The van der Waals surface area contributed by atoms with Crippen LogP contribution in [0.4, 0.5) is 0 Å². The summed E-state index contributed by atoms with van der Waals surface area (Å²) in [7, 11) is 0. The summed E-state index contributed by atoms with van der Waals surface area (Å²) in [5.74, 6) is 0.517. The average molecular weight is 309 g/mol. The molecule has 2 aromatic carbocycles. The van der Waals surface area contributed by atoms with Crippen molar-refractivity contribution in [1.29, 1.82) is 0 Å². The monoisotopic (exact) mass is 308 g/mol. The molecule has 19 heavy (non-hydrogen) atoms. The summed E-state index contributed by atoms with van der Waals surface area (Å²) in [6.07, 6.45) is 7.84. The average Bonchev–Trinajstić information content (AvgIpc) is 2.47. The van der Waals surface area contributed by atoms with Gasteiger partial charge in [-0.3, -0.25) is 0 Å². The van der Waals surface area contributed by atoms with Gasteiger partial charge in [-0.2, -0.15) is 0 Å². The SMILES string of the molecule is Brc1ccc2c(c1)-c1ccccc1C1=CC=CCC12. The maximum Gasteiger partial charge on any atom is 0.0181 e. The molecule has 4 rings (SSSR count). The highest BCUT2D eigenvalue weighted by atomic mass is 79.9. The Morgan fingerprint density at radius 1 is 0.947 bits per heavy atom. The zero-order valence-corrected chi connectivity index (χ0v) is 12.0. The summed E-state index contributed by atoms with van der Waals surface area (Å²) in [6.45, 7) is 0. The van der Waals surface area contributed by atoms with E-state index in [-0.39, 0.29) is 0 Å². The minimum absolute atomic E-state index is 0.517. The van der Waals surface area contributed by atoms with Crippen molar-refractivity contribution in [2.24, 2.45) is 0 Å². The van der Waals surface area contributed by atoms with Crippen LogP contribution in [0.5, 0.6) is 0 Å². The van der Waals surface area contributed by atoms with E-state index in [0.29, 0.717) is 5.92 Å². The van der Waals surface area contributed by atoms with E-state index < -0.39 is 0 Å². The Hall–Kier alpha value is -1.60. The quantitative estimate of drug-likeness (QED) is 0.598. The van der Waals surface area contributed by atoms with Crippen LogP contribution >= 0.6 is 15.9 Å². The molecule has 2 aromatic rings. The number of allylic oxidation sites excluding steroid dienone is 4. The Labute approximate surface area is 121 Å². The van der Waals surface area contributed by atoms with Gasteiger partial charge in [-0.15, -0.1) is 0 Å². The Bertz CT molecular complexity index is 722. The summed E-state index contributed by atoms with van der Waals surface area (Å²) in [6, 6.07) is 15.4. The lowest BCUT2D eigenvalue weighted by atomic mass is 9.72. The molecule has 1 atom stereocenters. The van der Waals surface area contributed by atoms with Gasteiger partial charge in [0.15, 0.2) is 0 Å². The van der Waals surface area contributed by atoms with Crippen LogP contribution in [0, 0.1) is 0 Å². The second-order valence-corrected chi connectivity index (χ2v) is 6.03. The molecular weight excluding hydrogens is 296 g/mol. The van der Waals surface area contributed by atoms with Gasteiger partial charge in [0, 0.05) is 10.4 Å². The summed E-state index contributed by atoms with van der Waals surface area (Å²) >= 11 is 3.60. The second kappa shape index (κ2) is 4.21. The summed E-state index contributed by atoms with van der Waals surface area (Å²) < 4.78 is 1.15. The Kier molecular flexibility index (Phi) is 2.49. The smallest absolute Gasteiger partial charge is 0.0181 e. The lowest BCUT2D eigenvalue weighted by molar-refractivity contribution is 0.868. The highest BCUT2D eigenvalue weighted by Gasteiger charge is 2.28. The van der Waals surface area contributed by atoms with Crippen LogP contribution in [0.25, 0.3) is 16.7 Å². The highest BCUT2D eigenvalue weighted by molar-refractivity contribution is 9.10. The first-order valence-electron chi connectivity index (χ1n) is 6.60. The molecule has 0 saturated carbocycles. The van der Waals surface area contributed by atoms with Crippen molar-refractivity contribution in [2.75, 3.05) is 0 Å². The molecule has 2 aliphatic carbocycles. The van der Waals surface area contributed by atoms with Crippen molar-refractivity contribution >= 4 is 21.5 Å². The van der Waals surface area contributed by atoms with Crippen molar-refractivity contribution in [1.82, 2.24) is 0 Å². The predicted octanol–water partition coefficient (Wildman–Crippen LogP) is 5.56. The van der Waals surface area contributed by atoms with Crippen LogP contribution in [0.1, 0.15) is 23.5 Å². The van der Waals surface area contributed by atoms with Crippen molar-refractivity contribution in [3.05, 3.63) is 76.3 Å². The fourth-order valence-electron chi connectivity index (χ4n) is 3.24. The van der Waals surface area contributed by atoms with Crippen molar-refractivity contribution < 1.29 is 0 Å². The molecule has 1 heteroatoms. The molecule has 0 spiro atoms. The van der Waals surface area contributed by atoms with Gasteiger partial charge in [0.25, 0.3) is 0 Å². The van der Waals surface area contributed by atoms with Crippen LogP contribution < -0.4 is 0 Å². The van der Waals surface area contributed by atoms with Crippen LogP contribution in [0.3, 0.4) is 0 Å². The van der Waals surface area contributed by atoms with E-state index in [4.69, 9.17) is 0 Å². The number of hydrogen-bond donors (Lipinski definition) is 0. The number of fused-ring (bicyclic) bond motifs is 6. The Morgan fingerprint density at radius 3 is 2.68 bits per heavy atom. The molecule has 92 valence electrons. The van der Waals surface area contributed by atoms with Gasteiger partial charge in [0.05, 0.1) is 0 Å². The van der Waals surface area contributed by atoms with E-state index in [1.54, 1.807) is 0 Å². The first-order chi connectivity index (χ1) is 9.34. The zero-order chi connectivity index (χ0) is 12.8. The molecular formula is C18H13Br. The van der Waals surface area contributed by atoms with E-state index in [9.17, 15) is 0 Å². The molecule has 1 unspecified atom stereocenters. The number of halogens is 1. The molecule has 0 radical (unpaired) electrons. The number of rotatable bonds is 0. The summed E-state index contributed by atoms with van der Waals surface area (Å²) in [4.78, 5) is 0. The standard InChI is InChI=1S/C18H13Br/c19-12-9-10-17-15-7-2-1-5-13(15)14-6-3-4-8-16(14)18(17)11-12/h1-6,8-11,15H,7H2.